The van der Waals surface area contributed by atoms with E-state index >= 15 is 0 Å². The smallest absolute Gasteiger partial charge is 0.252 e. The van der Waals surface area contributed by atoms with Crippen LogP contribution in [0, 0.1) is 11.7 Å². The second kappa shape index (κ2) is 6.62. The van der Waals surface area contributed by atoms with Gasteiger partial charge >= 0.3 is 0 Å². The highest BCUT2D eigenvalue weighted by molar-refractivity contribution is 7.71. The van der Waals surface area contributed by atoms with Gasteiger partial charge in [0.1, 0.15) is 5.82 Å². The van der Waals surface area contributed by atoms with E-state index in [0.29, 0.717) is 29.3 Å². The van der Waals surface area contributed by atoms with Crippen LogP contribution in [0.4, 0.5) is 0 Å². The average molecular weight is 305 g/mol. The highest BCUT2D eigenvalue weighted by atomic mass is 32.1. The molecule has 112 valence electrons. The molecule has 0 spiro atoms. The number of aromatic amines is 1. The van der Waals surface area contributed by atoms with Crippen LogP contribution in [0.5, 0.6) is 0 Å². The van der Waals surface area contributed by atoms with E-state index in [4.69, 9.17) is 12.2 Å². The van der Waals surface area contributed by atoms with Gasteiger partial charge in [0, 0.05) is 25.0 Å². The number of hydrogen-bond acceptors (Lipinski definition) is 4. The fourth-order valence-electron chi connectivity index (χ4n) is 1.92. The van der Waals surface area contributed by atoms with Gasteiger partial charge in [-0.25, -0.2) is 0 Å². The van der Waals surface area contributed by atoms with Gasteiger partial charge in [0.15, 0.2) is 4.77 Å². The molecule has 0 radical (unpaired) electrons. The summed E-state index contributed by atoms with van der Waals surface area (Å²) in [5.74, 6) is 1.02. The number of carbonyl (C=O) groups is 1. The van der Waals surface area contributed by atoms with E-state index < -0.39 is 0 Å². The molecule has 0 atom stereocenters. The van der Waals surface area contributed by atoms with Crippen LogP contribution in [0.15, 0.2) is 18.3 Å². The van der Waals surface area contributed by atoms with Gasteiger partial charge < -0.3 is 9.88 Å². The van der Waals surface area contributed by atoms with Crippen molar-refractivity contribution in [2.24, 2.45) is 0 Å². The van der Waals surface area contributed by atoms with E-state index in [9.17, 15) is 4.79 Å². The van der Waals surface area contributed by atoms with Crippen LogP contribution in [0.3, 0.4) is 0 Å². The third-order valence-corrected chi connectivity index (χ3v) is 3.52. The SMILES string of the molecule is Cc1n[nH]c(=S)n1CCNC(=O)c1ccc(C(C)C)nc1. The number of nitrogens with one attached hydrogen (secondary N) is 2. The maximum atomic E-state index is 12.0. The Hall–Kier alpha value is -2.02. The summed E-state index contributed by atoms with van der Waals surface area (Å²) in [6, 6.07) is 3.68. The molecule has 0 aliphatic carbocycles. The molecule has 2 rings (SSSR count). The summed E-state index contributed by atoms with van der Waals surface area (Å²) in [6.45, 7) is 7.07. The van der Waals surface area contributed by atoms with Gasteiger partial charge in [0.2, 0.25) is 0 Å². The first-order valence-corrected chi connectivity index (χ1v) is 7.26. The molecule has 6 nitrogen and oxygen atoms in total. The molecule has 7 heteroatoms. The monoisotopic (exact) mass is 305 g/mol. The standard InChI is InChI=1S/C14H19N5OS/c1-9(2)12-5-4-11(8-16-12)13(20)15-6-7-19-10(3)17-18-14(19)21/h4-5,8-9H,6-7H2,1-3H3,(H,15,20)(H,18,21). The van der Waals surface area contributed by atoms with Crippen molar-refractivity contribution < 1.29 is 4.79 Å². The van der Waals surface area contributed by atoms with Crippen LogP contribution in [-0.2, 0) is 6.54 Å². The molecule has 0 saturated carbocycles. The first-order chi connectivity index (χ1) is 9.99. The van der Waals surface area contributed by atoms with Crippen LogP contribution in [0.25, 0.3) is 0 Å². The molecule has 0 fully saturated rings. The number of rotatable bonds is 5. The number of hydrogen-bond donors (Lipinski definition) is 2. The zero-order valence-electron chi connectivity index (χ0n) is 12.4. The predicted molar refractivity (Wildman–Crippen MR) is 82.8 cm³/mol. The molecule has 0 aliphatic heterocycles. The quantitative estimate of drug-likeness (QED) is 0.830. The minimum absolute atomic E-state index is 0.134. The van der Waals surface area contributed by atoms with Gasteiger partial charge in [0.05, 0.1) is 5.56 Å². The highest BCUT2D eigenvalue weighted by Gasteiger charge is 2.08. The number of pyridine rings is 1. The Morgan fingerprint density at radius 1 is 1.48 bits per heavy atom. The molecular formula is C14H19N5OS. The Morgan fingerprint density at radius 2 is 2.24 bits per heavy atom. The Kier molecular flexibility index (Phi) is 4.85. The van der Waals surface area contributed by atoms with Crippen molar-refractivity contribution in [3.63, 3.8) is 0 Å². The molecule has 2 aromatic rings. The van der Waals surface area contributed by atoms with Crippen LogP contribution in [0.2, 0.25) is 0 Å². The third kappa shape index (κ3) is 3.75. The second-order valence-corrected chi connectivity index (χ2v) is 5.50. The Labute approximate surface area is 128 Å². The highest BCUT2D eigenvalue weighted by Crippen LogP contribution is 2.11. The first-order valence-electron chi connectivity index (χ1n) is 6.85. The van der Waals surface area contributed by atoms with Gasteiger partial charge in [-0.3, -0.25) is 14.9 Å². The van der Waals surface area contributed by atoms with Crippen LogP contribution in [-0.4, -0.2) is 32.2 Å². The van der Waals surface area contributed by atoms with Gasteiger partial charge in [-0.1, -0.05) is 13.8 Å². The number of aryl methyl sites for hydroxylation is 1. The summed E-state index contributed by atoms with van der Waals surface area (Å²) >= 11 is 5.11. The molecule has 21 heavy (non-hydrogen) atoms. The fourth-order valence-corrected chi connectivity index (χ4v) is 2.19. The van der Waals surface area contributed by atoms with E-state index in [1.807, 2.05) is 17.6 Å². The average Bonchev–Trinajstić information content (AvgIpc) is 2.79. The van der Waals surface area contributed by atoms with Gasteiger partial charge in [-0.2, -0.15) is 5.10 Å². The first kappa shape index (κ1) is 15.4. The van der Waals surface area contributed by atoms with E-state index in [1.165, 1.54) is 0 Å². The summed E-state index contributed by atoms with van der Waals surface area (Å²) < 4.78 is 2.40. The molecular weight excluding hydrogens is 286 g/mol. The fraction of sp³-hybridized carbons (Fsp3) is 0.429. The predicted octanol–water partition coefficient (Wildman–Crippen LogP) is 2.20. The number of carbonyl (C=O) groups excluding carboxylic acids is 1. The van der Waals surface area contributed by atoms with Gasteiger partial charge in [-0.05, 0) is 37.2 Å². The molecule has 0 aromatic carbocycles. The zero-order valence-corrected chi connectivity index (χ0v) is 13.2. The minimum Gasteiger partial charge on any atom is -0.350 e. The number of amides is 1. The molecule has 1 amide bonds. The Morgan fingerprint density at radius 3 is 2.76 bits per heavy atom. The zero-order chi connectivity index (χ0) is 15.4. The van der Waals surface area contributed by atoms with Crippen molar-refractivity contribution in [1.29, 1.82) is 0 Å². The van der Waals surface area contributed by atoms with E-state index in [2.05, 4.69) is 34.3 Å². The summed E-state index contributed by atoms with van der Waals surface area (Å²) in [5, 5.41) is 9.59. The lowest BCUT2D eigenvalue weighted by Crippen LogP contribution is -2.27. The number of nitrogens with zero attached hydrogens (tertiary/aromatic N) is 3. The number of H-pyrrole nitrogens is 1. The molecule has 2 heterocycles. The van der Waals surface area contributed by atoms with E-state index in [1.54, 1.807) is 12.3 Å². The molecule has 2 N–H and O–H groups in total. The van der Waals surface area contributed by atoms with Crippen LogP contribution < -0.4 is 5.32 Å². The Bertz CT molecular complexity index is 671. The van der Waals surface area contributed by atoms with Crippen molar-refractivity contribution in [2.75, 3.05) is 6.54 Å². The lowest BCUT2D eigenvalue weighted by molar-refractivity contribution is 0.0951. The van der Waals surface area contributed by atoms with Gasteiger partial charge in [0.25, 0.3) is 5.91 Å². The van der Waals surface area contributed by atoms with Crippen molar-refractivity contribution >= 4 is 18.1 Å². The van der Waals surface area contributed by atoms with E-state index in [-0.39, 0.29) is 5.91 Å². The molecule has 0 bridgehead atoms. The minimum atomic E-state index is -0.134. The molecule has 2 aromatic heterocycles. The lowest BCUT2D eigenvalue weighted by atomic mass is 10.1. The molecule has 0 unspecified atom stereocenters. The van der Waals surface area contributed by atoms with Crippen molar-refractivity contribution in [2.45, 2.75) is 33.2 Å². The normalized spacial score (nSPS) is 10.9. The lowest BCUT2D eigenvalue weighted by Gasteiger charge is -2.08. The maximum Gasteiger partial charge on any atom is 0.252 e. The molecule has 0 aliphatic rings. The maximum absolute atomic E-state index is 12.0. The number of aromatic nitrogens is 4. The summed E-state index contributed by atoms with van der Waals surface area (Å²) in [5.41, 5.74) is 1.54. The van der Waals surface area contributed by atoms with Crippen LogP contribution in [0.1, 0.15) is 41.6 Å². The largest absolute Gasteiger partial charge is 0.350 e. The second-order valence-electron chi connectivity index (χ2n) is 5.11. The molecule has 0 saturated heterocycles. The van der Waals surface area contributed by atoms with Crippen molar-refractivity contribution in [3.05, 3.63) is 40.2 Å². The Balaban J connectivity index is 1.91. The van der Waals surface area contributed by atoms with Crippen molar-refractivity contribution in [3.8, 4) is 0 Å². The summed E-state index contributed by atoms with van der Waals surface area (Å²) in [6.07, 6.45) is 1.61. The van der Waals surface area contributed by atoms with Gasteiger partial charge in [-0.15, -0.1) is 0 Å². The summed E-state index contributed by atoms with van der Waals surface area (Å²) in [4.78, 5) is 16.3. The topological polar surface area (TPSA) is 75.6 Å². The van der Waals surface area contributed by atoms with Crippen LogP contribution >= 0.6 is 12.2 Å². The summed E-state index contributed by atoms with van der Waals surface area (Å²) in [7, 11) is 0. The van der Waals surface area contributed by atoms with E-state index in [0.717, 1.165) is 11.5 Å². The third-order valence-electron chi connectivity index (χ3n) is 3.21. The van der Waals surface area contributed by atoms with Crippen molar-refractivity contribution in [1.82, 2.24) is 25.1 Å².